The normalized spacial score (nSPS) is 11.1. The summed E-state index contributed by atoms with van der Waals surface area (Å²) in [5.74, 6) is -1.24. The van der Waals surface area contributed by atoms with Crippen molar-refractivity contribution in [2.75, 3.05) is 22.6 Å². The molecule has 0 saturated carbocycles. The zero-order valence-corrected chi connectivity index (χ0v) is 24.1. The maximum atomic E-state index is 12.9. The molecule has 13 nitrogen and oxygen atoms in total. The van der Waals surface area contributed by atoms with Gasteiger partial charge >= 0.3 is 12.1 Å². The quantitative estimate of drug-likeness (QED) is 0.192. The van der Waals surface area contributed by atoms with Gasteiger partial charge < -0.3 is 33.8 Å². The second kappa shape index (κ2) is 11.7. The molecule has 0 aliphatic carbocycles. The third-order valence-corrected chi connectivity index (χ3v) is 5.72. The molecule has 0 spiro atoms. The van der Waals surface area contributed by atoms with Crippen molar-refractivity contribution in [2.45, 2.75) is 37.8 Å². The number of halogens is 1. The molecule has 38 heavy (non-hydrogen) atoms. The van der Waals surface area contributed by atoms with Gasteiger partial charge in [-0.1, -0.05) is 22.6 Å². The predicted molar refractivity (Wildman–Crippen MR) is 149 cm³/mol. The lowest BCUT2D eigenvalue weighted by Crippen LogP contribution is -2.27. The molecule has 0 bridgehead atoms. The maximum Gasteiger partial charge on any atom is 0.412 e. The van der Waals surface area contributed by atoms with E-state index in [4.69, 9.17) is 9.47 Å². The summed E-state index contributed by atoms with van der Waals surface area (Å²) in [5.41, 5.74) is 0.654. The number of carbonyl (C=O) groups excluding carboxylic acids is 4. The summed E-state index contributed by atoms with van der Waals surface area (Å²) in [4.78, 5) is 54.1. The van der Waals surface area contributed by atoms with E-state index in [0.717, 1.165) is 0 Å². The van der Waals surface area contributed by atoms with Crippen molar-refractivity contribution < 1.29 is 28.7 Å². The summed E-state index contributed by atoms with van der Waals surface area (Å²) >= 11 is 2.07. The number of alkyl halides is 1. The molecule has 3 aromatic heterocycles. The Bertz CT molecular complexity index is 1360. The van der Waals surface area contributed by atoms with Crippen molar-refractivity contribution in [3.05, 3.63) is 47.9 Å². The number of nitrogens with zero attached hydrogens (tertiary/aromatic N) is 4. The Hall–Kier alpha value is -3.82. The van der Waals surface area contributed by atoms with Gasteiger partial charge in [-0.25, -0.2) is 14.6 Å². The lowest BCUT2D eigenvalue weighted by atomic mass is 10.2. The van der Waals surface area contributed by atoms with E-state index in [0.29, 0.717) is 15.9 Å². The molecular weight excluding hydrogens is 609 g/mol. The Morgan fingerprint density at radius 3 is 2.00 bits per heavy atom. The first-order valence-corrected chi connectivity index (χ1v) is 13.1. The Morgan fingerprint density at radius 2 is 1.47 bits per heavy atom. The Morgan fingerprint density at radius 1 is 0.921 bits per heavy atom. The third kappa shape index (κ3) is 7.14. The summed E-state index contributed by atoms with van der Waals surface area (Å²) in [7, 11) is 3.32. The number of nitrogens with one attached hydrogen (secondary N) is 3. The van der Waals surface area contributed by atoms with Crippen molar-refractivity contribution in [3.63, 3.8) is 0 Å². The molecule has 0 aliphatic rings. The maximum absolute atomic E-state index is 12.9. The van der Waals surface area contributed by atoms with E-state index in [1.165, 1.54) is 12.1 Å². The van der Waals surface area contributed by atoms with Crippen molar-refractivity contribution in [1.29, 1.82) is 0 Å². The van der Waals surface area contributed by atoms with Crippen LogP contribution in [-0.4, -0.2) is 54.8 Å². The molecule has 3 rings (SSSR count). The highest BCUT2D eigenvalue weighted by Crippen LogP contribution is 2.20. The summed E-state index contributed by atoms with van der Waals surface area (Å²) in [5, 5.41) is 8.01. The van der Waals surface area contributed by atoms with Crippen molar-refractivity contribution >= 4 is 63.7 Å². The number of amides is 3. The van der Waals surface area contributed by atoms with Gasteiger partial charge in [-0.2, -0.15) is 0 Å². The molecule has 3 aromatic rings. The number of hydrogen-bond acceptors (Lipinski definition) is 7. The van der Waals surface area contributed by atoms with Gasteiger partial charge in [0.25, 0.3) is 11.8 Å². The van der Waals surface area contributed by atoms with Crippen molar-refractivity contribution in [3.8, 4) is 0 Å². The molecule has 0 radical (unpaired) electrons. The molecule has 0 saturated heterocycles. The fraction of sp³-hybridized carbons (Fsp3) is 0.375. The van der Waals surface area contributed by atoms with E-state index in [-0.39, 0.29) is 29.6 Å². The number of aryl methyl sites for hydroxylation is 2. The van der Waals surface area contributed by atoms with E-state index in [9.17, 15) is 19.2 Å². The lowest BCUT2D eigenvalue weighted by Gasteiger charge is -2.19. The van der Waals surface area contributed by atoms with Gasteiger partial charge in [0.05, 0.1) is 22.5 Å². The van der Waals surface area contributed by atoms with E-state index < -0.39 is 29.5 Å². The summed E-state index contributed by atoms with van der Waals surface area (Å²) in [6.07, 6.45) is 4.08. The van der Waals surface area contributed by atoms with Gasteiger partial charge in [0.1, 0.15) is 17.0 Å². The summed E-state index contributed by atoms with van der Waals surface area (Å²) < 4.78 is 15.3. The van der Waals surface area contributed by atoms with Crippen LogP contribution in [0.25, 0.3) is 0 Å². The van der Waals surface area contributed by atoms with E-state index in [1.54, 1.807) is 74.1 Å². The van der Waals surface area contributed by atoms with Crippen LogP contribution in [-0.2, 0) is 28.1 Å². The fourth-order valence-corrected chi connectivity index (χ4v) is 3.96. The first-order valence-electron chi connectivity index (χ1n) is 11.6. The minimum absolute atomic E-state index is 0.0829. The van der Waals surface area contributed by atoms with Crippen molar-refractivity contribution in [1.82, 2.24) is 18.7 Å². The molecular formula is C24H30IN7O6. The summed E-state index contributed by atoms with van der Waals surface area (Å²) in [6.45, 7) is 7.16. The number of carbonyl (C=O) groups is 4. The molecule has 0 aliphatic heterocycles. The minimum atomic E-state index is -0.657. The van der Waals surface area contributed by atoms with Gasteiger partial charge in [-0.15, -0.1) is 0 Å². The largest absolute Gasteiger partial charge is 0.460 e. The average Bonchev–Trinajstić information content (AvgIpc) is 3.48. The zero-order valence-electron chi connectivity index (χ0n) is 21.9. The number of ether oxygens (including phenoxy) is 2. The van der Waals surface area contributed by atoms with Crippen molar-refractivity contribution in [2.24, 2.45) is 14.1 Å². The third-order valence-electron chi connectivity index (χ3n) is 4.98. The van der Waals surface area contributed by atoms with Crippen LogP contribution in [0, 0.1) is 0 Å². The molecule has 0 fully saturated rings. The Labute approximate surface area is 233 Å². The number of esters is 1. The monoisotopic (exact) mass is 639 g/mol. The molecule has 14 heteroatoms. The van der Waals surface area contributed by atoms with Crippen LogP contribution in [0.4, 0.5) is 22.0 Å². The standard InChI is InChI=1S/C24H30IN7O6/c1-7-37-22(35)19-28-18(12-32(19)13-25)29-21(34)17-8-14(10-30(17)5)26-20(33)16-9-15(11-31(16)6)27-23(36)38-24(2,3)4/h8-12H,7,13H2,1-6H3,(H,26,33)(H,27,36)(H,29,34). The van der Waals surface area contributed by atoms with Gasteiger partial charge in [-0.05, 0) is 39.8 Å². The van der Waals surface area contributed by atoms with Gasteiger partial charge in [0.2, 0.25) is 5.82 Å². The average molecular weight is 639 g/mol. The topological polar surface area (TPSA) is 151 Å². The first-order chi connectivity index (χ1) is 17.8. The Balaban J connectivity index is 1.69. The highest BCUT2D eigenvalue weighted by Gasteiger charge is 2.21. The first kappa shape index (κ1) is 28.7. The Kier molecular flexibility index (Phi) is 8.85. The van der Waals surface area contributed by atoms with Gasteiger partial charge in [-0.3, -0.25) is 14.9 Å². The van der Waals surface area contributed by atoms with E-state index >= 15 is 0 Å². The van der Waals surface area contributed by atoms with Crippen LogP contribution in [0.2, 0.25) is 0 Å². The van der Waals surface area contributed by atoms with Crippen LogP contribution >= 0.6 is 22.6 Å². The van der Waals surface area contributed by atoms with Crippen LogP contribution in [0.15, 0.2) is 30.7 Å². The fourth-order valence-electron chi connectivity index (χ4n) is 3.44. The highest BCUT2D eigenvalue weighted by molar-refractivity contribution is 14.1. The van der Waals surface area contributed by atoms with Crippen LogP contribution in [0.3, 0.4) is 0 Å². The van der Waals surface area contributed by atoms with Crippen LogP contribution in [0.1, 0.15) is 59.3 Å². The number of aromatic nitrogens is 4. The molecule has 3 heterocycles. The molecule has 0 aromatic carbocycles. The molecule has 3 N–H and O–H groups in total. The van der Waals surface area contributed by atoms with Gasteiger partial charge in [0.15, 0.2) is 5.82 Å². The molecule has 0 unspecified atom stereocenters. The van der Waals surface area contributed by atoms with E-state index in [2.05, 4.69) is 43.5 Å². The number of imidazole rings is 1. The van der Waals surface area contributed by atoms with E-state index in [1.807, 2.05) is 0 Å². The smallest absolute Gasteiger partial charge is 0.412 e. The molecule has 204 valence electrons. The molecule has 3 amide bonds. The van der Waals surface area contributed by atoms with Crippen LogP contribution in [0.5, 0.6) is 0 Å². The zero-order chi connectivity index (χ0) is 28.2. The second-order valence-corrected chi connectivity index (χ2v) is 9.93. The second-order valence-electron chi connectivity index (χ2n) is 9.24. The molecule has 0 atom stereocenters. The minimum Gasteiger partial charge on any atom is -0.460 e. The number of rotatable bonds is 8. The lowest BCUT2D eigenvalue weighted by molar-refractivity contribution is 0.0507. The highest BCUT2D eigenvalue weighted by atomic mass is 127. The van der Waals surface area contributed by atoms with Gasteiger partial charge in [0, 0.05) is 32.7 Å². The number of anilines is 3. The predicted octanol–water partition coefficient (Wildman–Crippen LogP) is 3.98. The number of hydrogen-bond donors (Lipinski definition) is 3. The van der Waals surface area contributed by atoms with Crippen LogP contribution < -0.4 is 16.0 Å². The summed E-state index contributed by atoms with van der Waals surface area (Å²) in [6, 6.07) is 3.03. The SMILES string of the molecule is CCOC(=O)c1nc(NC(=O)c2cc(NC(=O)c3cc(NC(=O)OC(C)(C)C)cn3C)cn2C)cn1CI.